The Hall–Kier alpha value is -2.66. The van der Waals surface area contributed by atoms with Gasteiger partial charge in [-0.25, -0.2) is 4.79 Å². The molecule has 6 heteroatoms. The first-order chi connectivity index (χ1) is 13.3. The van der Waals surface area contributed by atoms with E-state index in [0.29, 0.717) is 22.6 Å². The fraction of sp³-hybridized carbons (Fsp3) is 0.318. The van der Waals surface area contributed by atoms with E-state index in [-0.39, 0.29) is 12.3 Å². The summed E-state index contributed by atoms with van der Waals surface area (Å²) in [6, 6.07) is 12.1. The van der Waals surface area contributed by atoms with Crippen LogP contribution in [0.4, 0.5) is 4.79 Å². The maximum absolute atomic E-state index is 13.1. The molecule has 2 aromatic rings. The van der Waals surface area contributed by atoms with E-state index in [4.69, 9.17) is 11.6 Å². The molecule has 0 radical (unpaired) electrons. The van der Waals surface area contributed by atoms with Crippen molar-refractivity contribution in [2.75, 3.05) is 6.54 Å². The Morgan fingerprint density at radius 2 is 1.82 bits per heavy atom. The van der Waals surface area contributed by atoms with Gasteiger partial charge in [-0.1, -0.05) is 55.8 Å². The SMILES string of the molecule is CCc1ccc(CC)c(C(=O)CN2C(=O)N[C@@](C)(c3ccccc3Cl)C2=O)c1. The molecule has 1 heterocycles. The molecule has 3 rings (SSSR count). The summed E-state index contributed by atoms with van der Waals surface area (Å²) in [4.78, 5) is 39.5. The van der Waals surface area contributed by atoms with Crippen molar-refractivity contribution >= 4 is 29.3 Å². The van der Waals surface area contributed by atoms with Gasteiger partial charge in [0.2, 0.25) is 0 Å². The van der Waals surface area contributed by atoms with Crippen molar-refractivity contribution in [3.63, 3.8) is 0 Å². The van der Waals surface area contributed by atoms with Crippen molar-refractivity contribution in [3.8, 4) is 0 Å². The molecule has 2 aromatic carbocycles. The van der Waals surface area contributed by atoms with Crippen molar-refractivity contribution in [2.45, 2.75) is 39.2 Å². The molecule has 1 aliphatic heterocycles. The molecule has 0 aromatic heterocycles. The van der Waals surface area contributed by atoms with Crippen LogP contribution in [-0.2, 0) is 23.2 Å². The highest BCUT2D eigenvalue weighted by Crippen LogP contribution is 2.33. The maximum atomic E-state index is 13.1. The minimum absolute atomic E-state index is 0.251. The number of Topliss-reactive ketones (excluding diaryl/α,β-unsaturated/α-hetero) is 1. The number of benzene rings is 2. The van der Waals surface area contributed by atoms with Crippen molar-refractivity contribution in [2.24, 2.45) is 0 Å². The van der Waals surface area contributed by atoms with Crippen molar-refractivity contribution < 1.29 is 14.4 Å². The molecule has 0 aliphatic carbocycles. The van der Waals surface area contributed by atoms with E-state index < -0.39 is 17.5 Å². The van der Waals surface area contributed by atoms with Crippen LogP contribution in [0.15, 0.2) is 42.5 Å². The van der Waals surface area contributed by atoms with Gasteiger partial charge >= 0.3 is 6.03 Å². The zero-order chi connectivity index (χ0) is 20.5. The number of imide groups is 1. The number of halogens is 1. The molecular formula is C22H23ClN2O3. The number of hydrogen-bond acceptors (Lipinski definition) is 3. The highest BCUT2D eigenvalue weighted by molar-refractivity contribution is 6.32. The van der Waals surface area contributed by atoms with Crippen molar-refractivity contribution in [1.82, 2.24) is 10.2 Å². The van der Waals surface area contributed by atoms with Crippen LogP contribution < -0.4 is 5.32 Å². The summed E-state index contributed by atoms with van der Waals surface area (Å²) in [6.07, 6.45) is 1.50. The monoisotopic (exact) mass is 398 g/mol. The summed E-state index contributed by atoms with van der Waals surface area (Å²) in [5.41, 5.74) is 1.72. The quantitative estimate of drug-likeness (QED) is 0.588. The van der Waals surface area contributed by atoms with E-state index in [1.54, 1.807) is 31.2 Å². The van der Waals surface area contributed by atoms with Gasteiger partial charge in [0.05, 0.1) is 6.54 Å². The number of aryl methyl sites for hydroxylation is 2. The summed E-state index contributed by atoms with van der Waals surface area (Å²) >= 11 is 6.24. The molecule has 3 amide bonds. The van der Waals surface area contributed by atoms with E-state index in [1.807, 2.05) is 32.0 Å². The maximum Gasteiger partial charge on any atom is 0.325 e. The second-order valence-corrected chi connectivity index (χ2v) is 7.46. The Bertz CT molecular complexity index is 957. The fourth-order valence-corrected chi connectivity index (χ4v) is 3.85. The Morgan fingerprint density at radius 1 is 1.11 bits per heavy atom. The minimum atomic E-state index is -1.30. The van der Waals surface area contributed by atoms with Gasteiger partial charge in [-0.3, -0.25) is 14.5 Å². The Balaban J connectivity index is 1.90. The molecule has 1 fully saturated rings. The predicted molar refractivity (Wildman–Crippen MR) is 109 cm³/mol. The van der Waals surface area contributed by atoms with Crippen LogP contribution in [-0.4, -0.2) is 29.2 Å². The summed E-state index contributed by atoms with van der Waals surface area (Å²) in [7, 11) is 0. The fourth-order valence-electron chi connectivity index (χ4n) is 3.53. The third kappa shape index (κ3) is 3.42. The molecule has 0 unspecified atom stereocenters. The predicted octanol–water partition coefficient (Wildman–Crippen LogP) is 4.11. The lowest BCUT2D eigenvalue weighted by Crippen LogP contribution is -2.41. The van der Waals surface area contributed by atoms with E-state index in [9.17, 15) is 14.4 Å². The lowest BCUT2D eigenvalue weighted by molar-refractivity contribution is -0.130. The van der Waals surface area contributed by atoms with Gasteiger partial charge in [0.15, 0.2) is 5.78 Å². The number of carbonyl (C=O) groups is 3. The molecule has 146 valence electrons. The molecule has 5 nitrogen and oxygen atoms in total. The van der Waals surface area contributed by atoms with Crippen molar-refractivity contribution in [3.05, 3.63) is 69.7 Å². The van der Waals surface area contributed by atoms with Gasteiger partial charge in [0.1, 0.15) is 5.54 Å². The molecule has 0 spiro atoms. The Kier molecular flexibility index (Phi) is 5.57. The molecule has 1 atom stereocenters. The van der Waals surface area contributed by atoms with Gasteiger partial charge in [0.25, 0.3) is 5.91 Å². The number of nitrogens with zero attached hydrogens (tertiary/aromatic N) is 1. The molecule has 1 N–H and O–H groups in total. The lowest BCUT2D eigenvalue weighted by Gasteiger charge is -2.23. The molecule has 1 aliphatic rings. The third-order valence-corrected chi connectivity index (χ3v) is 5.58. The second kappa shape index (κ2) is 7.76. The van der Waals surface area contributed by atoms with Crippen LogP contribution in [0, 0.1) is 0 Å². The standard InChI is InChI=1S/C22H23ClN2O3/c1-4-14-10-11-15(5-2)16(12-14)19(26)13-25-20(27)22(3,24-21(25)28)17-8-6-7-9-18(17)23/h6-12H,4-5,13H2,1-3H3,(H,24,28)/t22-/m0/s1. The Labute approximate surface area is 169 Å². The summed E-state index contributed by atoms with van der Waals surface area (Å²) in [5, 5.41) is 3.08. The normalized spacial score (nSPS) is 19.1. The molecule has 0 bridgehead atoms. The van der Waals surface area contributed by atoms with Crippen LogP contribution >= 0.6 is 11.6 Å². The largest absolute Gasteiger partial charge is 0.325 e. The van der Waals surface area contributed by atoms with Gasteiger partial charge in [0, 0.05) is 16.1 Å². The van der Waals surface area contributed by atoms with Crippen LogP contribution in [0.3, 0.4) is 0 Å². The molecular weight excluding hydrogens is 376 g/mol. The molecule has 1 saturated heterocycles. The average molecular weight is 399 g/mol. The average Bonchev–Trinajstić information content (AvgIpc) is 2.91. The van der Waals surface area contributed by atoms with Crippen LogP contribution in [0.2, 0.25) is 5.02 Å². The molecule has 28 heavy (non-hydrogen) atoms. The minimum Gasteiger partial charge on any atom is -0.319 e. The summed E-state index contributed by atoms with van der Waals surface area (Å²) < 4.78 is 0. The van der Waals surface area contributed by atoms with E-state index in [2.05, 4.69) is 5.32 Å². The lowest BCUT2D eigenvalue weighted by atomic mass is 9.92. The first-order valence-corrected chi connectivity index (χ1v) is 9.73. The number of nitrogens with one attached hydrogen (secondary N) is 1. The van der Waals surface area contributed by atoms with Gasteiger partial charge in [-0.15, -0.1) is 0 Å². The number of hydrogen-bond donors (Lipinski definition) is 1. The number of ketones is 1. The van der Waals surface area contributed by atoms with E-state index in [0.717, 1.165) is 22.4 Å². The van der Waals surface area contributed by atoms with Gasteiger partial charge in [-0.2, -0.15) is 0 Å². The third-order valence-electron chi connectivity index (χ3n) is 5.25. The first kappa shape index (κ1) is 20.1. The number of amides is 3. The zero-order valence-electron chi connectivity index (χ0n) is 16.2. The number of carbonyl (C=O) groups excluding carboxylic acids is 3. The molecule has 0 saturated carbocycles. The highest BCUT2D eigenvalue weighted by atomic mass is 35.5. The highest BCUT2D eigenvalue weighted by Gasteiger charge is 2.50. The van der Waals surface area contributed by atoms with E-state index in [1.165, 1.54) is 0 Å². The summed E-state index contributed by atoms with van der Waals surface area (Å²) in [5.74, 6) is -0.734. The smallest absolute Gasteiger partial charge is 0.319 e. The Morgan fingerprint density at radius 3 is 2.46 bits per heavy atom. The van der Waals surface area contributed by atoms with Crippen molar-refractivity contribution in [1.29, 1.82) is 0 Å². The van der Waals surface area contributed by atoms with Gasteiger partial charge < -0.3 is 5.32 Å². The van der Waals surface area contributed by atoms with Crippen LogP contribution in [0.5, 0.6) is 0 Å². The van der Waals surface area contributed by atoms with Crippen LogP contribution in [0.25, 0.3) is 0 Å². The topological polar surface area (TPSA) is 66.5 Å². The number of urea groups is 1. The number of rotatable bonds is 6. The van der Waals surface area contributed by atoms with Crippen LogP contribution in [0.1, 0.15) is 47.8 Å². The zero-order valence-corrected chi connectivity index (χ0v) is 17.0. The second-order valence-electron chi connectivity index (χ2n) is 7.05. The van der Waals surface area contributed by atoms with E-state index >= 15 is 0 Å². The first-order valence-electron chi connectivity index (χ1n) is 9.36. The summed E-state index contributed by atoms with van der Waals surface area (Å²) in [6.45, 7) is 5.29. The van der Waals surface area contributed by atoms with Gasteiger partial charge in [-0.05, 0) is 43.0 Å².